The molecule has 0 atom stereocenters. The molecule has 0 unspecified atom stereocenters. The van der Waals surface area contributed by atoms with Gasteiger partial charge in [0.1, 0.15) is 5.75 Å². The molecule has 0 saturated heterocycles. The first-order chi connectivity index (χ1) is 10.2. The van der Waals surface area contributed by atoms with Gasteiger partial charge in [-0.1, -0.05) is 23.2 Å². The van der Waals surface area contributed by atoms with E-state index in [0.717, 1.165) is 0 Å². The summed E-state index contributed by atoms with van der Waals surface area (Å²) in [6.07, 6.45) is -0.189. The normalized spacial score (nSPS) is 11.5. The van der Waals surface area contributed by atoms with Crippen LogP contribution < -0.4 is 10.4 Å². The number of halogens is 5. The first kappa shape index (κ1) is 17.1. The van der Waals surface area contributed by atoms with Gasteiger partial charge >= 0.3 is 12.2 Å². The zero-order valence-corrected chi connectivity index (χ0v) is 13.6. The maximum Gasteiger partial charge on any atom is 0.356 e. The first-order valence-electron chi connectivity index (χ1n) is 6.03. The van der Waals surface area contributed by atoms with Crippen LogP contribution in [0.4, 0.5) is 8.78 Å². The maximum absolute atomic E-state index is 12.8. The van der Waals surface area contributed by atoms with Crippen molar-refractivity contribution in [3.63, 3.8) is 0 Å². The molecule has 1 aromatic carbocycles. The van der Waals surface area contributed by atoms with E-state index in [-0.39, 0.29) is 32.2 Å². The van der Waals surface area contributed by atoms with Gasteiger partial charge in [0.15, 0.2) is 0 Å². The Morgan fingerprint density at radius 2 is 1.82 bits per heavy atom. The van der Waals surface area contributed by atoms with Gasteiger partial charge in [0, 0.05) is 6.07 Å². The summed E-state index contributed by atoms with van der Waals surface area (Å²) in [5.41, 5.74) is -1.09. The third-order valence-corrected chi connectivity index (χ3v) is 3.41. The Morgan fingerprint density at radius 3 is 2.32 bits per heavy atom. The highest BCUT2D eigenvalue weighted by Crippen LogP contribution is 2.33. The van der Waals surface area contributed by atoms with Crippen LogP contribution in [0.25, 0.3) is 5.69 Å². The molecule has 0 aliphatic rings. The Balaban J connectivity index is 2.63. The van der Waals surface area contributed by atoms with Crippen molar-refractivity contribution in [1.29, 1.82) is 0 Å². The Kier molecular flexibility index (Phi) is 4.99. The van der Waals surface area contributed by atoms with Crippen LogP contribution in [0.15, 0.2) is 16.9 Å². The molecule has 0 radical (unpaired) electrons. The fourth-order valence-corrected chi connectivity index (χ4v) is 2.43. The van der Waals surface area contributed by atoms with E-state index < -0.39 is 17.5 Å². The van der Waals surface area contributed by atoms with Crippen molar-refractivity contribution in [2.45, 2.75) is 26.5 Å². The quantitative estimate of drug-likeness (QED) is 0.809. The van der Waals surface area contributed by atoms with Gasteiger partial charge in [-0.3, -0.25) is 0 Å². The lowest BCUT2D eigenvalue weighted by atomic mass is 10.3. The second-order valence-corrected chi connectivity index (χ2v) is 5.66. The molecule has 0 fully saturated rings. The molecule has 120 valence electrons. The zero-order valence-electron chi connectivity index (χ0n) is 11.4. The predicted molar refractivity (Wildman–Crippen MR) is 79.9 cm³/mol. The molecule has 1 heterocycles. The van der Waals surface area contributed by atoms with Crippen molar-refractivity contribution < 1.29 is 13.5 Å². The molecule has 2 aromatic rings. The summed E-state index contributed by atoms with van der Waals surface area (Å²) in [7, 11) is 0. The highest BCUT2D eigenvalue weighted by Gasteiger charge is 2.22. The van der Waals surface area contributed by atoms with Crippen molar-refractivity contribution in [1.82, 2.24) is 14.3 Å². The smallest absolute Gasteiger partial charge is 0.356 e. The summed E-state index contributed by atoms with van der Waals surface area (Å²) in [4.78, 5) is 12.0. The molecular formula is C12H10Cl3F2N3O2. The van der Waals surface area contributed by atoms with E-state index in [1.54, 1.807) is 13.8 Å². The Labute approximate surface area is 139 Å². The summed E-state index contributed by atoms with van der Waals surface area (Å²) in [5.74, 6) is 0.241. The minimum atomic E-state index is -3.12. The average Bonchev–Trinajstić information content (AvgIpc) is 2.67. The summed E-state index contributed by atoms with van der Waals surface area (Å²) >= 11 is 17.6. The molecule has 0 amide bonds. The van der Waals surface area contributed by atoms with Crippen molar-refractivity contribution >= 4 is 34.8 Å². The van der Waals surface area contributed by atoms with E-state index in [9.17, 15) is 13.6 Å². The minimum absolute atomic E-state index is 0.0352. The molecule has 0 aliphatic carbocycles. The lowest BCUT2D eigenvalue weighted by molar-refractivity contribution is 0.0664. The molecule has 0 bridgehead atoms. The molecule has 0 spiro atoms. The zero-order chi connectivity index (χ0) is 16.6. The molecule has 1 aromatic heterocycles. The van der Waals surface area contributed by atoms with Gasteiger partial charge in [0.2, 0.25) is 5.28 Å². The monoisotopic (exact) mass is 371 g/mol. The molecule has 10 heteroatoms. The molecular weight excluding hydrogens is 363 g/mol. The lowest BCUT2D eigenvalue weighted by Gasteiger charge is -2.13. The van der Waals surface area contributed by atoms with Gasteiger partial charge in [-0.05, 0) is 31.5 Å². The van der Waals surface area contributed by atoms with Crippen LogP contribution in [-0.4, -0.2) is 20.5 Å². The SMILES string of the molecule is CC(C)Oc1cc(-n2nc(Cl)n(C(F)F)c2=O)c(Cl)cc1Cl. The topological polar surface area (TPSA) is 49.0 Å². The van der Waals surface area contributed by atoms with Crippen LogP contribution in [0.3, 0.4) is 0 Å². The number of hydrogen-bond donors (Lipinski definition) is 0. The number of alkyl halides is 2. The summed E-state index contributed by atoms with van der Waals surface area (Å²) < 4.78 is 31.7. The number of aromatic nitrogens is 3. The molecule has 0 N–H and O–H groups in total. The Bertz CT molecular complexity index is 759. The second kappa shape index (κ2) is 6.44. The van der Waals surface area contributed by atoms with E-state index in [1.165, 1.54) is 12.1 Å². The highest BCUT2D eigenvalue weighted by atomic mass is 35.5. The van der Waals surface area contributed by atoms with Crippen molar-refractivity contribution in [2.24, 2.45) is 0 Å². The summed E-state index contributed by atoms with van der Waals surface area (Å²) in [6, 6.07) is 2.67. The lowest BCUT2D eigenvalue weighted by Crippen LogP contribution is -2.24. The fourth-order valence-electron chi connectivity index (χ4n) is 1.70. The van der Waals surface area contributed by atoms with Crippen molar-refractivity contribution in [3.8, 4) is 11.4 Å². The van der Waals surface area contributed by atoms with Gasteiger partial charge < -0.3 is 4.74 Å². The van der Waals surface area contributed by atoms with E-state index in [0.29, 0.717) is 4.68 Å². The van der Waals surface area contributed by atoms with Gasteiger partial charge in [0.05, 0.1) is 21.8 Å². The largest absolute Gasteiger partial charge is 0.489 e. The first-order valence-corrected chi connectivity index (χ1v) is 7.17. The number of hydrogen-bond acceptors (Lipinski definition) is 3. The Morgan fingerprint density at radius 1 is 1.18 bits per heavy atom. The third kappa shape index (κ3) is 3.21. The van der Waals surface area contributed by atoms with E-state index in [4.69, 9.17) is 39.5 Å². The van der Waals surface area contributed by atoms with Gasteiger partial charge in [-0.2, -0.15) is 13.5 Å². The van der Waals surface area contributed by atoms with Crippen LogP contribution >= 0.6 is 34.8 Å². The molecule has 22 heavy (non-hydrogen) atoms. The van der Waals surface area contributed by atoms with E-state index in [1.807, 2.05) is 0 Å². The van der Waals surface area contributed by atoms with Gasteiger partial charge in [0.25, 0.3) is 0 Å². The molecule has 0 saturated carbocycles. The number of benzene rings is 1. The van der Waals surface area contributed by atoms with Crippen LogP contribution in [0.5, 0.6) is 5.75 Å². The molecule has 2 rings (SSSR count). The number of rotatable bonds is 4. The second-order valence-electron chi connectivity index (χ2n) is 4.51. The van der Waals surface area contributed by atoms with E-state index in [2.05, 4.69) is 5.10 Å². The van der Waals surface area contributed by atoms with E-state index >= 15 is 0 Å². The van der Waals surface area contributed by atoms with Crippen LogP contribution in [-0.2, 0) is 0 Å². The standard InChI is InChI=1S/C12H10Cl3F2N3O2/c1-5(2)22-9-4-8(6(13)3-7(9)14)20-12(21)19(11(16)17)10(15)18-20/h3-5,11H,1-2H3. The minimum Gasteiger partial charge on any atom is -0.489 e. The van der Waals surface area contributed by atoms with Crippen LogP contribution in [0, 0.1) is 0 Å². The fraction of sp³-hybridized carbons (Fsp3) is 0.333. The highest BCUT2D eigenvalue weighted by molar-refractivity contribution is 6.36. The maximum atomic E-state index is 12.8. The summed E-state index contributed by atoms with van der Waals surface area (Å²) in [6.45, 7) is 0.435. The van der Waals surface area contributed by atoms with Crippen molar-refractivity contribution in [3.05, 3.63) is 37.9 Å². The van der Waals surface area contributed by atoms with Gasteiger partial charge in [-0.25, -0.2) is 9.36 Å². The van der Waals surface area contributed by atoms with Gasteiger partial charge in [-0.15, -0.1) is 5.10 Å². The van der Waals surface area contributed by atoms with Crippen LogP contribution in [0.1, 0.15) is 20.4 Å². The summed E-state index contributed by atoms with van der Waals surface area (Å²) in [5, 5.41) is 3.18. The third-order valence-electron chi connectivity index (χ3n) is 2.56. The molecule has 5 nitrogen and oxygen atoms in total. The average molecular weight is 373 g/mol. The predicted octanol–water partition coefficient (Wildman–Crippen LogP) is 4.18. The molecule has 0 aliphatic heterocycles. The van der Waals surface area contributed by atoms with Crippen LogP contribution in [0.2, 0.25) is 15.3 Å². The number of nitrogens with zero attached hydrogens (tertiary/aromatic N) is 3. The number of ether oxygens (including phenoxy) is 1. The van der Waals surface area contributed by atoms with Crippen molar-refractivity contribution in [2.75, 3.05) is 0 Å². The Hall–Kier alpha value is -1.31.